The van der Waals surface area contributed by atoms with Gasteiger partial charge in [0.1, 0.15) is 5.60 Å². The quantitative estimate of drug-likeness (QED) is 0.641. The largest absolute Gasteiger partial charge is 0.444 e. The Bertz CT molecular complexity index is 554. The first kappa shape index (κ1) is 17.7. The number of thioether (sulfide) groups is 1. The van der Waals surface area contributed by atoms with Gasteiger partial charge >= 0.3 is 6.09 Å². The number of rotatable bonds is 5. The number of hydrogen-bond acceptors (Lipinski definition) is 4. The van der Waals surface area contributed by atoms with Crippen molar-refractivity contribution in [1.82, 2.24) is 4.90 Å². The molecule has 0 spiro atoms. The van der Waals surface area contributed by atoms with Crippen LogP contribution in [0.5, 0.6) is 0 Å². The first-order valence-corrected chi connectivity index (χ1v) is 8.95. The molecule has 1 atom stereocenters. The molecule has 1 heterocycles. The summed E-state index contributed by atoms with van der Waals surface area (Å²) >= 11 is 1.76. The van der Waals surface area contributed by atoms with E-state index in [2.05, 4.69) is 24.0 Å². The molecule has 0 saturated carbocycles. The zero-order valence-electron chi connectivity index (χ0n) is 14.2. The minimum atomic E-state index is -0.448. The molecule has 5 heteroatoms. The van der Waals surface area contributed by atoms with E-state index in [1.165, 1.54) is 4.90 Å². The molecule has 1 aliphatic heterocycles. The summed E-state index contributed by atoms with van der Waals surface area (Å²) in [7, 11) is 0. The molecule has 1 aromatic rings. The van der Waals surface area contributed by atoms with Crippen LogP contribution in [0.3, 0.4) is 0 Å². The maximum absolute atomic E-state index is 12.1. The minimum absolute atomic E-state index is 0.226. The van der Waals surface area contributed by atoms with Crippen LogP contribution in [0.1, 0.15) is 27.2 Å². The van der Waals surface area contributed by atoms with Gasteiger partial charge in [-0.05, 0) is 39.3 Å². The van der Waals surface area contributed by atoms with Gasteiger partial charge in [-0.2, -0.15) is 0 Å². The summed E-state index contributed by atoms with van der Waals surface area (Å²) < 4.78 is 5.44. The van der Waals surface area contributed by atoms with E-state index in [0.29, 0.717) is 6.54 Å². The fourth-order valence-corrected chi connectivity index (χ4v) is 3.21. The molecule has 4 nitrogen and oxygen atoms in total. The number of hydrogen-bond donors (Lipinski definition) is 1. The van der Waals surface area contributed by atoms with Gasteiger partial charge in [0, 0.05) is 35.5 Å². The fraction of sp³-hybridized carbons (Fsp3) is 0.500. The Balaban J connectivity index is 1.93. The Hall–Kier alpha value is -1.62. The van der Waals surface area contributed by atoms with Crippen molar-refractivity contribution in [3.05, 3.63) is 36.9 Å². The Morgan fingerprint density at radius 2 is 2.22 bits per heavy atom. The first-order chi connectivity index (χ1) is 10.9. The maximum atomic E-state index is 12.1. The lowest BCUT2D eigenvalue weighted by molar-refractivity contribution is 0.0293. The summed E-state index contributed by atoms with van der Waals surface area (Å²) in [5.74, 6) is 0.882. The molecule has 126 valence electrons. The van der Waals surface area contributed by atoms with Crippen LogP contribution in [0, 0.1) is 0 Å². The number of likely N-dealkylation sites (tertiary alicyclic amines) is 1. The van der Waals surface area contributed by atoms with Crippen molar-refractivity contribution in [2.24, 2.45) is 0 Å². The van der Waals surface area contributed by atoms with E-state index in [0.717, 1.165) is 24.4 Å². The lowest BCUT2D eigenvalue weighted by atomic mass is 10.2. The van der Waals surface area contributed by atoms with Crippen LogP contribution >= 0.6 is 11.8 Å². The Kier molecular flexibility index (Phi) is 5.99. The third-order valence-corrected chi connectivity index (χ3v) is 4.51. The van der Waals surface area contributed by atoms with E-state index in [-0.39, 0.29) is 12.1 Å². The second-order valence-corrected chi connectivity index (χ2v) is 7.71. The van der Waals surface area contributed by atoms with Gasteiger partial charge < -0.3 is 15.0 Å². The monoisotopic (exact) mass is 334 g/mol. The lowest BCUT2D eigenvalue weighted by Crippen LogP contribution is -2.36. The van der Waals surface area contributed by atoms with E-state index in [9.17, 15) is 4.79 Å². The van der Waals surface area contributed by atoms with Crippen LogP contribution in [0.25, 0.3) is 0 Å². The molecule has 1 unspecified atom stereocenters. The van der Waals surface area contributed by atoms with Gasteiger partial charge in [-0.25, -0.2) is 4.79 Å². The van der Waals surface area contributed by atoms with Crippen molar-refractivity contribution < 1.29 is 9.53 Å². The number of ether oxygens (including phenoxy) is 1. The minimum Gasteiger partial charge on any atom is -0.444 e. The van der Waals surface area contributed by atoms with Crippen LogP contribution in [-0.4, -0.2) is 41.5 Å². The summed E-state index contributed by atoms with van der Waals surface area (Å²) in [5, 5.41) is 3.56. The highest BCUT2D eigenvalue weighted by Gasteiger charge is 2.29. The number of amides is 1. The Labute approximate surface area is 143 Å². The number of benzene rings is 1. The Morgan fingerprint density at radius 3 is 2.91 bits per heavy atom. The van der Waals surface area contributed by atoms with Gasteiger partial charge in [-0.1, -0.05) is 18.2 Å². The summed E-state index contributed by atoms with van der Waals surface area (Å²) in [5.41, 5.74) is 0.673. The predicted molar refractivity (Wildman–Crippen MR) is 97.2 cm³/mol. The van der Waals surface area contributed by atoms with E-state index in [1.807, 2.05) is 39.0 Å². The zero-order valence-corrected chi connectivity index (χ0v) is 15.0. The third kappa shape index (κ3) is 5.50. The molecule has 0 radical (unpaired) electrons. The third-order valence-electron chi connectivity index (χ3n) is 3.44. The van der Waals surface area contributed by atoms with Gasteiger partial charge in [0.15, 0.2) is 0 Å². The number of anilines is 1. The fourth-order valence-electron chi connectivity index (χ4n) is 2.45. The van der Waals surface area contributed by atoms with E-state index in [4.69, 9.17) is 4.74 Å². The number of carbonyl (C=O) groups is 1. The average molecular weight is 334 g/mol. The van der Waals surface area contributed by atoms with Gasteiger partial charge in [-0.15, -0.1) is 18.3 Å². The van der Waals surface area contributed by atoms with Crippen molar-refractivity contribution in [2.75, 3.05) is 24.2 Å². The van der Waals surface area contributed by atoms with Crippen molar-refractivity contribution in [1.29, 1.82) is 0 Å². The summed E-state index contributed by atoms with van der Waals surface area (Å²) in [4.78, 5) is 15.1. The second kappa shape index (κ2) is 7.77. The molecule has 1 N–H and O–H groups in total. The molecule has 0 aromatic heterocycles. The molecule has 0 bridgehead atoms. The van der Waals surface area contributed by atoms with Crippen LogP contribution in [0.4, 0.5) is 10.5 Å². The smallest absolute Gasteiger partial charge is 0.410 e. The van der Waals surface area contributed by atoms with Crippen LogP contribution in [0.2, 0.25) is 0 Å². The van der Waals surface area contributed by atoms with E-state index in [1.54, 1.807) is 16.7 Å². The van der Waals surface area contributed by atoms with Crippen molar-refractivity contribution in [3.63, 3.8) is 0 Å². The number of para-hydroxylation sites is 1. The molecule has 1 amide bonds. The molecule has 1 saturated heterocycles. The molecule has 1 fully saturated rings. The maximum Gasteiger partial charge on any atom is 0.410 e. The molecule has 23 heavy (non-hydrogen) atoms. The normalized spacial score (nSPS) is 17.9. The van der Waals surface area contributed by atoms with Crippen molar-refractivity contribution in [2.45, 2.75) is 43.7 Å². The molecule has 1 aromatic carbocycles. The highest BCUT2D eigenvalue weighted by Crippen LogP contribution is 2.29. The molecular formula is C18H26N2O2S. The van der Waals surface area contributed by atoms with Gasteiger partial charge in [0.25, 0.3) is 0 Å². The number of nitrogens with one attached hydrogen (secondary N) is 1. The van der Waals surface area contributed by atoms with E-state index < -0.39 is 5.60 Å². The second-order valence-electron chi connectivity index (χ2n) is 6.65. The van der Waals surface area contributed by atoms with Crippen LogP contribution in [0.15, 0.2) is 41.8 Å². The van der Waals surface area contributed by atoms with Gasteiger partial charge in [0.05, 0.1) is 0 Å². The topological polar surface area (TPSA) is 41.6 Å². The first-order valence-electron chi connectivity index (χ1n) is 7.96. The number of carbonyl (C=O) groups excluding carboxylic acids is 1. The van der Waals surface area contributed by atoms with Crippen molar-refractivity contribution >= 4 is 23.5 Å². The van der Waals surface area contributed by atoms with E-state index >= 15 is 0 Å². The molecular weight excluding hydrogens is 308 g/mol. The molecule has 1 aliphatic rings. The summed E-state index contributed by atoms with van der Waals surface area (Å²) in [6.45, 7) is 10.9. The predicted octanol–water partition coefficient (Wildman–Crippen LogP) is 4.39. The van der Waals surface area contributed by atoms with Crippen LogP contribution < -0.4 is 5.32 Å². The summed E-state index contributed by atoms with van der Waals surface area (Å²) in [6.07, 6.45) is 2.61. The SMILES string of the molecule is C=CCSc1ccccc1NC1CCN(C(=O)OC(C)(C)C)C1. The van der Waals surface area contributed by atoms with Crippen LogP contribution in [-0.2, 0) is 4.74 Å². The lowest BCUT2D eigenvalue weighted by Gasteiger charge is -2.24. The molecule has 2 rings (SSSR count). The standard InChI is InChI=1S/C18H26N2O2S/c1-5-12-23-16-9-7-6-8-15(16)19-14-10-11-20(13-14)17(21)22-18(2,3)4/h5-9,14,19H,1,10-13H2,2-4H3. The molecule has 0 aliphatic carbocycles. The van der Waals surface area contributed by atoms with Gasteiger partial charge in [0.2, 0.25) is 0 Å². The zero-order chi connectivity index (χ0) is 16.9. The highest BCUT2D eigenvalue weighted by molar-refractivity contribution is 7.99. The summed E-state index contributed by atoms with van der Waals surface area (Å²) in [6, 6.07) is 8.52. The van der Waals surface area contributed by atoms with Gasteiger partial charge in [-0.3, -0.25) is 0 Å². The highest BCUT2D eigenvalue weighted by atomic mass is 32.2. The number of nitrogens with zero attached hydrogens (tertiary/aromatic N) is 1. The Morgan fingerprint density at radius 1 is 1.48 bits per heavy atom. The van der Waals surface area contributed by atoms with Crippen molar-refractivity contribution in [3.8, 4) is 0 Å². The average Bonchev–Trinajstić information content (AvgIpc) is 2.93.